The average Bonchev–Trinajstić information content (AvgIpc) is 3.57. The first-order valence-corrected chi connectivity index (χ1v) is 13.4. The summed E-state index contributed by atoms with van der Waals surface area (Å²) in [6, 6.07) is 8.72. The van der Waals surface area contributed by atoms with Crippen LogP contribution in [0.5, 0.6) is 0 Å². The molecule has 1 aromatic carbocycles. The van der Waals surface area contributed by atoms with Crippen molar-refractivity contribution in [2.75, 3.05) is 30.3 Å². The van der Waals surface area contributed by atoms with E-state index in [9.17, 15) is 13.2 Å². The van der Waals surface area contributed by atoms with E-state index in [0.29, 0.717) is 47.7 Å². The predicted octanol–water partition coefficient (Wildman–Crippen LogP) is 2.93. The van der Waals surface area contributed by atoms with E-state index in [1.165, 1.54) is 11.8 Å². The zero-order chi connectivity index (χ0) is 23.0. The number of rotatable bonds is 6. The lowest BCUT2D eigenvalue weighted by atomic mass is 10.2. The number of benzene rings is 1. The van der Waals surface area contributed by atoms with Crippen molar-refractivity contribution in [2.24, 2.45) is 7.05 Å². The predicted molar refractivity (Wildman–Crippen MR) is 125 cm³/mol. The third-order valence-corrected chi connectivity index (χ3v) is 9.00. The number of anilines is 1. The van der Waals surface area contributed by atoms with E-state index >= 15 is 0 Å². The minimum absolute atomic E-state index is 0.0482. The number of hydrogen-bond acceptors (Lipinski definition) is 7. The Morgan fingerprint density at radius 3 is 2.70 bits per heavy atom. The van der Waals surface area contributed by atoms with Crippen molar-refractivity contribution in [3.05, 3.63) is 42.2 Å². The lowest BCUT2D eigenvalue weighted by Gasteiger charge is -2.26. The van der Waals surface area contributed by atoms with E-state index in [0.717, 1.165) is 30.5 Å². The highest BCUT2D eigenvalue weighted by Gasteiger charge is 2.30. The third-order valence-electron chi connectivity index (χ3n) is 6.10. The molecule has 0 radical (unpaired) electrons. The van der Waals surface area contributed by atoms with Gasteiger partial charge in [0.1, 0.15) is 0 Å². The van der Waals surface area contributed by atoms with Crippen LogP contribution in [0, 0.1) is 0 Å². The Morgan fingerprint density at radius 2 is 1.94 bits per heavy atom. The number of carbonyl (C=O) groups is 1. The van der Waals surface area contributed by atoms with Crippen LogP contribution in [-0.4, -0.2) is 58.8 Å². The van der Waals surface area contributed by atoms with Gasteiger partial charge in [0, 0.05) is 32.4 Å². The summed E-state index contributed by atoms with van der Waals surface area (Å²) in [5, 5.41) is 8.95. The number of nitrogens with zero attached hydrogens (tertiary/aromatic N) is 5. The van der Waals surface area contributed by atoms with Crippen LogP contribution in [0.1, 0.15) is 24.8 Å². The lowest BCUT2D eigenvalue weighted by Crippen LogP contribution is -2.35. The molecule has 0 spiro atoms. The summed E-state index contributed by atoms with van der Waals surface area (Å²) in [6.07, 6.45) is 5.09. The minimum Gasteiger partial charge on any atom is -0.461 e. The van der Waals surface area contributed by atoms with Gasteiger partial charge >= 0.3 is 0 Å². The molecular weight excluding hydrogens is 462 g/mol. The van der Waals surface area contributed by atoms with Gasteiger partial charge in [-0.25, -0.2) is 8.42 Å². The van der Waals surface area contributed by atoms with Gasteiger partial charge in [0.25, 0.3) is 0 Å². The number of amides is 1. The Kier molecular flexibility index (Phi) is 6.02. The van der Waals surface area contributed by atoms with Gasteiger partial charge in [-0.3, -0.25) is 4.79 Å². The zero-order valence-corrected chi connectivity index (χ0v) is 19.9. The molecule has 4 heterocycles. The molecule has 0 N–H and O–H groups in total. The number of sulfonamides is 1. The smallest absolute Gasteiger partial charge is 0.243 e. The summed E-state index contributed by atoms with van der Waals surface area (Å²) in [6.45, 7) is 1.69. The second-order valence-corrected chi connectivity index (χ2v) is 11.1. The van der Waals surface area contributed by atoms with Crippen molar-refractivity contribution in [1.29, 1.82) is 0 Å². The van der Waals surface area contributed by atoms with Gasteiger partial charge in [-0.1, -0.05) is 18.2 Å². The maximum Gasteiger partial charge on any atom is 0.243 e. The molecule has 5 rings (SSSR count). The molecule has 174 valence electrons. The Hall–Kier alpha value is -2.63. The molecule has 0 saturated carbocycles. The average molecular weight is 488 g/mol. The minimum atomic E-state index is -3.49. The van der Waals surface area contributed by atoms with E-state index in [1.807, 2.05) is 13.1 Å². The largest absolute Gasteiger partial charge is 0.461 e. The maximum atomic E-state index is 13.0. The second kappa shape index (κ2) is 8.96. The number of piperidine rings is 1. The summed E-state index contributed by atoms with van der Waals surface area (Å²) in [5.41, 5.74) is 1.68. The Bertz CT molecular complexity index is 1260. The first-order chi connectivity index (χ1) is 15.9. The van der Waals surface area contributed by atoms with E-state index in [4.69, 9.17) is 4.42 Å². The quantitative estimate of drug-likeness (QED) is 0.493. The number of furan rings is 1. The highest BCUT2D eigenvalue weighted by molar-refractivity contribution is 7.99. The fourth-order valence-electron chi connectivity index (χ4n) is 4.32. The van der Waals surface area contributed by atoms with E-state index < -0.39 is 10.0 Å². The van der Waals surface area contributed by atoms with Gasteiger partial charge in [0.2, 0.25) is 15.9 Å². The van der Waals surface area contributed by atoms with Crippen LogP contribution in [0.3, 0.4) is 0 Å². The topological polar surface area (TPSA) is 102 Å². The van der Waals surface area contributed by atoms with Crippen LogP contribution in [0.4, 0.5) is 5.69 Å². The highest BCUT2D eigenvalue weighted by Crippen LogP contribution is 2.33. The van der Waals surface area contributed by atoms with Gasteiger partial charge < -0.3 is 13.9 Å². The summed E-state index contributed by atoms with van der Waals surface area (Å²) in [5.74, 6) is 1.38. The number of aromatic nitrogens is 3. The fourth-order valence-corrected chi connectivity index (χ4v) is 6.67. The molecule has 0 atom stereocenters. The number of thioether (sulfide) groups is 1. The van der Waals surface area contributed by atoms with Crippen molar-refractivity contribution in [3.63, 3.8) is 0 Å². The Balaban J connectivity index is 1.27. The molecule has 1 amide bonds. The molecule has 33 heavy (non-hydrogen) atoms. The standard InChI is InChI=1S/C22H25N5O4S2/c1-25-21(19-6-5-13-31-19)23-24-22(25)32-15-20(28)27-12-9-16-14-17(7-8-18(16)27)33(29,30)26-10-3-2-4-11-26/h5-8,13-14H,2-4,9-12,15H2,1H3. The summed E-state index contributed by atoms with van der Waals surface area (Å²) < 4.78 is 34.8. The van der Waals surface area contributed by atoms with Crippen LogP contribution in [0.25, 0.3) is 11.6 Å². The van der Waals surface area contributed by atoms with Gasteiger partial charge in [0.15, 0.2) is 16.7 Å². The van der Waals surface area contributed by atoms with Crippen molar-refractivity contribution in [1.82, 2.24) is 19.1 Å². The van der Waals surface area contributed by atoms with Crippen molar-refractivity contribution in [3.8, 4) is 11.6 Å². The molecule has 1 saturated heterocycles. The maximum absolute atomic E-state index is 13.0. The van der Waals surface area contributed by atoms with E-state index in [2.05, 4.69) is 10.2 Å². The molecule has 2 aromatic heterocycles. The molecule has 2 aliphatic rings. The molecular formula is C22H25N5O4S2. The molecule has 2 aliphatic heterocycles. The summed E-state index contributed by atoms with van der Waals surface area (Å²) in [4.78, 5) is 15.0. The normalized spacial score (nSPS) is 16.8. The first kappa shape index (κ1) is 22.2. The summed E-state index contributed by atoms with van der Waals surface area (Å²) in [7, 11) is -1.66. The van der Waals surface area contributed by atoms with Crippen LogP contribution in [-0.2, 0) is 28.3 Å². The number of fused-ring (bicyclic) bond motifs is 1. The molecule has 3 aromatic rings. The third kappa shape index (κ3) is 4.20. The van der Waals surface area contributed by atoms with Crippen molar-refractivity contribution < 1.29 is 17.6 Å². The number of hydrogen-bond donors (Lipinski definition) is 0. The molecule has 11 heteroatoms. The monoisotopic (exact) mass is 487 g/mol. The SMILES string of the molecule is Cn1c(SCC(=O)N2CCc3cc(S(=O)(=O)N4CCCCC4)ccc32)nnc1-c1ccco1. The first-order valence-electron chi connectivity index (χ1n) is 10.9. The molecule has 0 bridgehead atoms. The molecule has 0 aliphatic carbocycles. The van der Waals surface area contributed by atoms with E-state index in [1.54, 1.807) is 44.3 Å². The zero-order valence-electron chi connectivity index (χ0n) is 18.3. The number of carbonyl (C=O) groups excluding carboxylic acids is 1. The van der Waals surface area contributed by atoms with Crippen molar-refractivity contribution >= 4 is 33.4 Å². The summed E-state index contributed by atoms with van der Waals surface area (Å²) >= 11 is 1.31. The van der Waals surface area contributed by atoms with Crippen LogP contribution in [0.2, 0.25) is 0 Å². The van der Waals surface area contributed by atoms with Crippen LogP contribution in [0.15, 0.2) is 51.1 Å². The van der Waals surface area contributed by atoms with Gasteiger partial charge in [-0.15, -0.1) is 10.2 Å². The molecule has 9 nitrogen and oxygen atoms in total. The van der Waals surface area contributed by atoms with Gasteiger partial charge in [0.05, 0.1) is 16.9 Å². The second-order valence-electron chi connectivity index (χ2n) is 8.18. The Morgan fingerprint density at radius 1 is 1.12 bits per heavy atom. The van der Waals surface area contributed by atoms with Crippen LogP contribution >= 0.6 is 11.8 Å². The lowest BCUT2D eigenvalue weighted by molar-refractivity contribution is -0.116. The highest BCUT2D eigenvalue weighted by atomic mass is 32.2. The van der Waals surface area contributed by atoms with Crippen LogP contribution < -0.4 is 4.90 Å². The molecule has 0 unspecified atom stereocenters. The Labute approximate surface area is 196 Å². The van der Waals surface area contributed by atoms with E-state index in [-0.39, 0.29) is 11.7 Å². The fraction of sp³-hybridized carbons (Fsp3) is 0.409. The van der Waals surface area contributed by atoms with Crippen molar-refractivity contribution in [2.45, 2.75) is 35.7 Å². The van der Waals surface area contributed by atoms with Gasteiger partial charge in [-0.05, 0) is 55.2 Å². The van der Waals surface area contributed by atoms with Gasteiger partial charge in [-0.2, -0.15) is 4.31 Å². The molecule has 1 fully saturated rings.